The SMILES string of the molecule is CCc1ccc(N(CC(=O)Nc2ccccc2C)C(C)=O)cc1. The Bertz CT molecular complexity index is 693. The number of benzene rings is 2. The van der Waals surface area contributed by atoms with Gasteiger partial charge in [-0.3, -0.25) is 9.59 Å². The molecule has 23 heavy (non-hydrogen) atoms. The van der Waals surface area contributed by atoms with Gasteiger partial charge in [-0.25, -0.2) is 0 Å². The molecule has 2 aromatic rings. The summed E-state index contributed by atoms with van der Waals surface area (Å²) in [7, 11) is 0. The Kier molecular flexibility index (Phi) is 5.52. The molecule has 0 radical (unpaired) electrons. The van der Waals surface area contributed by atoms with Gasteiger partial charge in [0, 0.05) is 18.3 Å². The molecule has 2 rings (SSSR count). The van der Waals surface area contributed by atoms with Gasteiger partial charge in [-0.15, -0.1) is 0 Å². The number of hydrogen-bond acceptors (Lipinski definition) is 2. The lowest BCUT2D eigenvalue weighted by Gasteiger charge is -2.21. The first-order chi connectivity index (χ1) is 11.0. The fraction of sp³-hybridized carbons (Fsp3) is 0.263. The van der Waals surface area contributed by atoms with Gasteiger partial charge in [-0.2, -0.15) is 0 Å². The number of carbonyl (C=O) groups excluding carboxylic acids is 2. The minimum Gasteiger partial charge on any atom is -0.324 e. The molecule has 0 saturated heterocycles. The van der Waals surface area contributed by atoms with E-state index in [1.165, 1.54) is 17.4 Å². The topological polar surface area (TPSA) is 49.4 Å². The van der Waals surface area contributed by atoms with Gasteiger partial charge in [0.2, 0.25) is 11.8 Å². The maximum atomic E-state index is 12.3. The van der Waals surface area contributed by atoms with Crippen molar-refractivity contribution in [2.75, 3.05) is 16.8 Å². The molecule has 0 fully saturated rings. The summed E-state index contributed by atoms with van der Waals surface area (Å²) in [6, 6.07) is 15.3. The molecule has 1 N–H and O–H groups in total. The second-order valence-corrected chi connectivity index (χ2v) is 5.49. The normalized spacial score (nSPS) is 10.2. The summed E-state index contributed by atoms with van der Waals surface area (Å²) in [6.07, 6.45) is 0.939. The van der Waals surface area contributed by atoms with Gasteiger partial charge >= 0.3 is 0 Å². The molecule has 0 aliphatic rings. The Morgan fingerprint density at radius 2 is 1.70 bits per heavy atom. The van der Waals surface area contributed by atoms with E-state index in [1.807, 2.05) is 55.5 Å². The van der Waals surface area contributed by atoms with Crippen molar-refractivity contribution in [3.8, 4) is 0 Å². The molecule has 0 spiro atoms. The first kappa shape index (κ1) is 16.7. The number of anilines is 2. The predicted octanol–water partition coefficient (Wildman–Crippen LogP) is 3.55. The molecule has 2 aromatic carbocycles. The van der Waals surface area contributed by atoms with Gasteiger partial charge in [0.25, 0.3) is 0 Å². The largest absolute Gasteiger partial charge is 0.324 e. The third kappa shape index (κ3) is 4.42. The zero-order valence-electron chi connectivity index (χ0n) is 13.8. The number of hydrogen-bond donors (Lipinski definition) is 1. The monoisotopic (exact) mass is 310 g/mol. The van der Waals surface area contributed by atoms with E-state index in [-0.39, 0.29) is 18.4 Å². The highest BCUT2D eigenvalue weighted by molar-refractivity contribution is 6.02. The van der Waals surface area contributed by atoms with E-state index in [4.69, 9.17) is 0 Å². The van der Waals surface area contributed by atoms with Crippen molar-refractivity contribution in [3.05, 3.63) is 59.7 Å². The highest BCUT2D eigenvalue weighted by Gasteiger charge is 2.16. The number of nitrogens with zero attached hydrogens (tertiary/aromatic N) is 1. The van der Waals surface area contributed by atoms with Crippen LogP contribution in [0, 0.1) is 6.92 Å². The van der Waals surface area contributed by atoms with Crippen LogP contribution in [0.5, 0.6) is 0 Å². The minimum atomic E-state index is -0.214. The Morgan fingerprint density at radius 3 is 2.26 bits per heavy atom. The van der Waals surface area contributed by atoms with Crippen LogP contribution >= 0.6 is 0 Å². The summed E-state index contributed by atoms with van der Waals surface area (Å²) < 4.78 is 0. The third-order valence-electron chi connectivity index (χ3n) is 3.76. The highest BCUT2D eigenvalue weighted by atomic mass is 16.2. The van der Waals surface area contributed by atoms with Crippen LogP contribution in [-0.2, 0) is 16.0 Å². The molecule has 0 atom stereocenters. The van der Waals surface area contributed by atoms with E-state index in [0.717, 1.165) is 23.4 Å². The van der Waals surface area contributed by atoms with Gasteiger partial charge in [0.1, 0.15) is 6.54 Å². The molecule has 0 saturated carbocycles. The molecule has 2 amide bonds. The summed E-state index contributed by atoms with van der Waals surface area (Å²) in [5.41, 5.74) is 3.68. The summed E-state index contributed by atoms with van der Waals surface area (Å²) in [5, 5.41) is 2.86. The molecule has 0 heterocycles. The molecular formula is C19H22N2O2. The lowest BCUT2D eigenvalue weighted by molar-refractivity contribution is -0.120. The maximum Gasteiger partial charge on any atom is 0.244 e. The quantitative estimate of drug-likeness (QED) is 0.918. The second kappa shape index (κ2) is 7.58. The Hall–Kier alpha value is -2.62. The minimum absolute atomic E-state index is 0.00482. The molecule has 0 aromatic heterocycles. The van der Waals surface area contributed by atoms with E-state index in [0.29, 0.717) is 0 Å². The van der Waals surface area contributed by atoms with Crippen LogP contribution in [-0.4, -0.2) is 18.4 Å². The van der Waals surface area contributed by atoms with E-state index in [2.05, 4.69) is 12.2 Å². The van der Waals surface area contributed by atoms with E-state index in [1.54, 1.807) is 0 Å². The summed E-state index contributed by atoms with van der Waals surface area (Å²) >= 11 is 0. The van der Waals surface area contributed by atoms with Crippen molar-refractivity contribution >= 4 is 23.2 Å². The first-order valence-electron chi connectivity index (χ1n) is 7.73. The number of rotatable bonds is 5. The average molecular weight is 310 g/mol. The third-order valence-corrected chi connectivity index (χ3v) is 3.76. The molecule has 0 bridgehead atoms. The molecule has 4 heteroatoms. The lowest BCUT2D eigenvalue weighted by atomic mass is 10.1. The zero-order chi connectivity index (χ0) is 16.8. The van der Waals surface area contributed by atoms with Crippen LogP contribution in [0.25, 0.3) is 0 Å². The Balaban J connectivity index is 2.11. The van der Waals surface area contributed by atoms with Crippen molar-refractivity contribution in [3.63, 3.8) is 0 Å². The van der Waals surface area contributed by atoms with E-state index >= 15 is 0 Å². The van der Waals surface area contributed by atoms with Crippen LogP contribution < -0.4 is 10.2 Å². The number of amides is 2. The van der Waals surface area contributed by atoms with Gasteiger partial charge in [-0.1, -0.05) is 37.3 Å². The molecule has 0 aliphatic heterocycles. The molecule has 120 valence electrons. The molecule has 4 nitrogen and oxygen atoms in total. The van der Waals surface area contributed by atoms with Gasteiger partial charge in [0.15, 0.2) is 0 Å². The molecule has 0 aliphatic carbocycles. The summed E-state index contributed by atoms with van der Waals surface area (Å²) in [6.45, 7) is 5.47. The molecule has 0 unspecified atom stereocenters. The van der Waals surface area contributed by atoms with Crippen molar-refractivity contribution in [1.29, 1.82) is 0 Å². The van der Waals surface area contributed by atoms with E-state index in [9.17, 15) is 9.59 Å². The van der Waals surface area contributed by atoms with Crippen LogP contribution in [0.2, 0.25) is 0 Å². The van der Waals surface area contributed by atoms with Gasteiger partial charge < -0.3 is 10.2 Å². The zero-order valence-corrected chi connectivity index (χ0v) is 13.8. The highest BCUT2D eigenvalue weighted by Crippen LogP contribution is 2.17. The fourth-order valence-electron chi connectivity index (χ4n) is 2.34. The van der Waals surface area contributed by atoms with Gasteiger partial charge in [-0.05, 0) is 42.7 Å². The summed E-state index contributed by atoms with van der Waals surface area (Å²) in [4.78, 5) is 25.6. The average Bonchev–Trinajstić information content (AvgIpc) is 2.55. The van der Waals surface area contributed by atoms with Crippen molar-refractivity contribution in [2.45, 2.75) is 27.2 Å². The van der Waals surface area contributed by atoms with Crippen molar-refractivity contribution in [1.82, 2.24) is 0 Å². The second-order valence-electron chi connectivity index (χ2n) is 5.49. The molecular weight excluding hydrogens is 288 g/mol. The smallest absolute Gasteiger partial charge is 0.244 e. The number of nitrogens with one attached hydrogen (secondary N) is 1. The predicted molar refractivity (Wildman–Crippen MR) is 93.7 cm³/mol. The number of para-hydroxylation sites is 1. The van der Waals surface area contributed by atoms with E-state index < -0.39 is 0 Å². The number of carbonyl (C=O) groups is 2. The van der Waals surface area contributed by atoms with Crippen LogP contribution in [0.1, 0.15) is 25.0 Å². The van der Waals surface area contributed by atoms with Crippen LogP contribution in [0.3, 0.4) is 0 Å². The maximum absolute atomic E-state index is 12.3. The Morgan fingerprint density at radius 1 is 1.04 bits per heavy atom. The standard InChI is InChI=1S/C19H22N2O2/c1-4-16-9-11-17(12-10-16)21(15(3)22)13-19(23)20-18-8-6-5-7-14(18)2/h5-12H,4,13H2,1-3H3,(H,20,23). The van der Waals surface area contributed by atoms with Gasteiger partial charge in [0.05, 0.1) is 0 Å². The van der Waals surface area contributed by atoms with Crippen molar-refractivity contribution in [2.24, 2.45) is 0 Å². The van der Waals surface area contributed by atoms with Crippen LogP contribution in [0.15, 0.2) is 48.5 Å². The first-order valence-corrected chi connectivity index (χ1v) is 7.73. The lowest BCUT2D eigenvalue weighted by Crippen LogP contribution is -2.36. The Labute approximate surface area is 137 Å². The fourth-order valence-corrected chi connectivity index (χ4v) is 2.34. The van der Waals surface area contributed by atoms with Crippen molar-refractivity contribution < 1.29 is 9.59 Å². The summed E-state index contributed by atoms with van der Waals surface area (Å²) in [5.74, 6) is -0.372. The van der Waals surface area contributed by atoms with Crippen LogP contribution in [0.4, 0.5) is 11.4 Å². The number of aryl methyl sites for hydroxylation is 2.